The Bertz CT molecular complexity index is 1320. The maximum Gasteiger partial charge on any atom is 0.357 e. The molecule has 2 unspecified atom stereocenters. The minimum Gasteiger partial charge on any atom is -0.457 e. The van der Waals surface area contributed by atoms with Crippen LogP contribution in [0.5, 0.6) is 11.5 Å². The van der Waals surface area contributed by atoms with Crippen LogP contribution in [-0.4, -0.2) is 83.3 Å². The summed E-state index contributed by atoms with van der Waals surface area (Å²) >= 11 is 1.27. The number of morpholine rings is 1. The molecule has 14 heteroatoms. The van der Waals surface area contributed by atoms with Crippen molar-refractivity contribution in [3.63, 3.8) is 0 Å². The normalized spacial score (nSPS) is 19.2. The summed E-state index contributed by atoms with van der Waals surface area (Å²) < 4.78 is 21.1. The molecule has 4 heterocycles. The second kappa shape index (κ2) is 14.2. The lowest BCUT2D eigenvalue weighted by molar-refractivity contribution is -0.384. The number of ether oxygens (including phenoxy) is 4. The molecule has 4 aliphatic rings. The van der Waals surface area contributed by atoms with E-state index in [2.05, 4.69) is 5.32 Å². The number of non-ortho nitro benzene ring substituents is 1. The second-order valence-corrected chi connectivity index (χ2v) is 10.5. The molecule has 0 radical (unpaired) electrons. The Hall–Kier alpha value is -4.14. The number of β-lactam (4-membered cyclic amide) rings is 1. The van der Waals surface area contributed by atoms with Gasteiger partial charge >= 0.3 is 5.97 Å². The number of likely N-dealkylation sites (tertiary alicyclic amines) is 1. The number of allylic oxidation sites excluding steroid dienone is 1. The molecule has 4 aliphatic heterocycles. The van der Waals surface area contributed by atoms with Crippen LogP contribution >= 0.6 is 11.8 Å². The minimum atomic E-state index is -0.803. The summed E-state index contributed by atoms with van der Waals surface area (Å²) in [5.41, 5.74) is 1.12. The van der Waals surface area contributed by atoms with Gasteiger partial charge in [0.15, 0.2) is 0 Å². The number of nitrogens with one attached hydrogen (secondary N) is 1. The number of nitro groups is 1. The first-order chi connectivity index (χ1) is 20.2. The fourth-order valence-corrected chi connectivity index (χ4v) is 5.45. The van der Waals surface area contributed by atoms with Gasteiger partial charge in [-0.15, -0.1) is 11.8 Å². The van der Waals surface area contributed by atoms with Gasteiger partial charge in [0.05, 0.1) is 24.1 Å². The van der Waals surface area contributed by atoms with Crippen LogP contribution in [0.25, 0.3) is 0 Å². The molecule has 13 nitrogen and oxygen atoms in total. The van der Waals surface area contributed by atoms with Gasteiger partial charge in [-0.05, 0) is 36.8 Å². The number of carbonyl (C=O) groups excluding carboxylic acids is 3. The van der Waals surface area contributed by atoms with Gasteiger partial charge in [0.1, 0.15) is 35.2 Å². The Balaban J connectivity index is 0.000000496. The van der Waals surface area contributed by atoms with E-state index < -0.39 is 28.2 Å². The number of thioether (sulfide) groups is 1. The van der Waals surface area contributed by atoms with Gasteiger partial charge < -0.3 is 29.2 Å². The highest BCUT2D eigenvalue weighted by Gasteiger charge is 2.52. The monoisotopic (exact) mass is 600 g/mol. The molecule has 2 aromatic carbocycles. The van der Waals surface area contributed by atoms with E-state index in [1.807, 2.05) is 29.2 Å². The Labute approximate surface area is 246 Å². The van der Waals surface area contributed by atoms with Crippen LogP contribution in [0.1, 0.15) is 19.4 Å². The quantitative estimate of drug-likeness (QED) is 0.0914. The number of rotatable bonds is 10. The van der Waals surface area contributed by atoms with Gasteiger partial charge in [-0.1, -0.05) is 6.07 Å². The van der Waals surface area contributed by atoms with Crippen LogP contribution in [0, 0.1) is 10.1 Å². The number of hydrogen-bond acceptors (Lipinski definition) is 11. The first-order valence-corrected chi connectivity index (χ1v) is 14.2. The van der Waals surface area contributed by atoms with E-state index in [1.165, 1.54) is 55.0 Å². The number of amides is 2. The molecule has 224 valence electrons. The molecule has 42 heavy (non-hydrogen) atoms. The van der Waals surface area contributed by atoms with Crippen LogP contribution in [0.15, 0.2) is 59.9 Å². The molecule has 2 atom stereocenters. The van der Waals surface area contributed by atoms with Gasteiger partial charge in [-0.25, -0.2) is 4.79 Å². The molecule has 2 amide bonds. The van der Waals surface area contributed by atoms with Crippen molar-refractivity contribution >= 4 is 35.2 Å². The summed E-state index contributed by atoms with van der Waals surface area (Å²) in [5, 5.41) is 12.9. The van der Waals surface area contributed by atoms with E-state index in [1.54, 1.807) is 6.92 Å². The summed E-state index contributed by atoms with van der Waals surface area (Å²) in [6.07, 6.45) is 0. The number of fused-ring (bicyclic) bond motifs is 2. The van der Waals surface area contributed by atoms with Crippen molar-refractivity contribution in [3.8, 4) is 11.5 Å². The maximum absolute atomic E-state index is 13.3. The molecule has 2 bridgehead atoms. The Morgan fingerprint density at radius 3 is 2.26 bits per heavy atom. The molecule has 2 aromatic rings. The lowest BCUT2D eigenvalue weighted by atomic mass is 10.0. The highest BCUT2D eigenvalue weighted by atomic mass is 32.2. The van der Waals surface area contributed by atoms with E-state index in [0.29, 0.717) is 37.6 Å². The van der Waals surface area contributed by atoms with Gasteiger partial charge in [0, 0.05) is 51.0 Å². The average Bonchev–Trinajstić information content (AvgIpc) is 2.99. The number of carbonyl (C=O) groups is 3. The van der Waals surface area contributed by atoms with E-state index in [-0.39, 0.29) is 29.8 Å². The fourth-order valence-electron chi connectivity index (χ4n) is 4.44. The van der Waals surface area contributed by atoms with E-state index >= 15 is 0 Å². The zero-order valence-electron chi connectivity index (χ0n) is 23.4. The third-order valence-electron chi connectivity index (χ3n) is 6.58. The Morgan fingerprint density at radius 1 is 1.12 bits per heavy atom. The standard InChI is InChI=1S/C22H28N4O8S.C6H4O/c1-14(24-8-10-33-11-9-24)19(22(29)34-12-16-4-6-17(7-5-16)26(30)31)25-20(28)18(23-15(2)27)21(25)35-13-32-3;1-2-5-4-6(3-1)7-5/h4-7,18,21H,8-13H2,1-3H3,(H,23,27);1-4H. The smallest absolute Gasteiger partial charge is 0.357 e. The average molecular weight is 601 g/mol. The first-order valence-electron chi connectivity index (χ1n) is 13.1. The Kier molecular flexibility index (Phi) is 10.4. The third kappa shape index (κ3) is 7.38. The third-order valence-corrected chi connectivity index (χ3v) is 7.78. The summed E-state index contributed by atoms with van der Waals surface area (Å²) in [4.78, 5) is 51.7. The molecule has 0 aromatic heterocycles. The van der Waals surface area contributed by atoms with Crippen molar-refractivity contribution in [2.24, 2.45) is 0 Å². The van der Waals surface area contributed by atoms with E-state index in [4.69, 9.17) is 18.9 Å². The lowest BCUT2D eigenvalue weighted by Gasteiger charge is -2.47. The molecule has 2 saturated heterocycles. The van der Waals surface area contributed by atoms with Gasteiger partial charge in [0.2, 0.25) is 5.91 Å². The molecule has 2 fully saturated rings. The largest absolute Gasteiger partial charge is 0.457 e. The Morgan fingerprint density at radius 2 is 1.76 bits per heavy atom. The highest BCUT2D eigenvalue weighted by Crippen LogP contribution is 2.36. The topological polar surface area (TPSA) is 150 Å². The number of benzene rings is 2. The van der Waals surface area contributed by atoms with Crippen LogP contribution in [0.3, 0.4) is 0 Å². The molecule has 0 saturated carbocycles. The zero-order chi connectivity index (χ0) is 30.2. The predicted octanol–water partition coefficient (Wildman–Crippen LogP) is 3.00. The predicted molar refractivity (Wildman–Crippen MR) is 152 cm³/mol. The summed E-state index contributed by atoms with van der Waals surface area (Å²) in [7, 11) is 1.51. The second-order valence-electron chi connectivity index (χ2n) is 9.46. The van der Waals surface area contributed by atoms with Crippen LogP contribution in [0.4, 0.5) is 5.69 Å². The first kappa shape index (κ1) is 30.8. The number of hydrogen-bond donors (Lipinski definition) is 1. The molecule has 0 aliphatic carbocycles. The van der Waals surface area contributed by atoms with Crippen molar-refractivity contribution in [3.05, 3.63) is 75.6 Å². The molecule has 1 N–H and O–H groups in total. The minimum absolute atomic E-state index is 0.0722. The van der Waals surface area contributed by atoms with E-state index in [0.717, 1.165) is 11.5 Å². The number of methoxy groups -OCH3 is 1. The van der Waals surface area contributed by atoms with Gasteiger partial charge in [-0.2, -0.15) is 0 Å². The van der Waals surface area contributed by atoms with Crippen molar-refractivity contribution in [1.29, 1.82) is 0 Å². The zero-order valence-corrected chi connectivity index (χ0v) is 24.3. The van der Waals surface area contributed by atoms with Crippen molar-refractivity contribution < 1.29 is 38.3 Å². The highest BCUT2D eigenvalue weighted by molar-refractivity contribution is 7.99. The molecular weight excluding hydrogens is 568 g/mol. The van der Waals surface area contributed by atoms with Gasteiger partial charge in [-0.3, -0.25) is 24.6 Å². The van der Waals surface area contributed by atoms with Crippen molar-refractivity contribution in [1.82, 2.24) is 15.1 Å². The van der Waals surface area contributed by atoms with Crippen molar-refractivity contribution in [2.45, 2.75) is 31.9 Å². The SMILES string of the molecule is COCSC1C(NC(C)=O)C(=O)N1C(C(=O)OCc1ccc([N+](=O)[O-])cc1)=C(C)N1CCOCC1.c1cc2cc(c1)O2. The maximum atomic E-state index is 13.3. The summed E-state index contributed by atoms with van der Waals surface area (Å²) in [6, 6.07) is 12.7. The number of nitro benzene ring substituents is 1. The number of nitrogens with zero attached hydrogens (tertiary/aromatic N) is 3. The lowest BCUT2D eigenvalue weighted by Crippen LogP contribution is -2.69. The summed E-state index contributed by atoms with van der Waals surface area (Å²) in [5.74, 6) is 0.706. The van der Waals surface area contributed by atoms with Crippen LogP contribution < -0.4 is 10.1 Å². The van der Waals surface area contributed by atoms with Crippen LogP contribution in [-0.2, 0) is 35.2 Å². The number of esters is 1. The molecule has 0 spiro atoms. The molecule has 6 rings (SSSR count). The summed E-state index contributed by atoms with van der Waals surface area (Å²) in [6.45, 7) is 4.96. The van der Waals surface area contributed by atoms with Crippen molar-refractivity contribution in [2.75, 3.05) is 39.4 Å². The van der Waals surface area contributed by atoms with Gasteiger partial charge in [0.25, 0.3) is 11.6 Å². The molecular formula is C28H32N4O9S. The van der Waals surface area contributed by atoms with E-state index in [9.17, 15) is 24.5 Å². The fraction of sp³-hybridized carbons (Fsp3) is 0.393. The van der Waals surface area contributed by atoms with Crippen LogP contribution in [0.2, 0.25) is 0 Å².